The molecule has 22 heavy (non-hydrogen) atoms. The van der Waals surface area contributed by atoms with Gasteiger partial charge in [0.2, 0.25) is 0 Å². The number of nitrogens with zero attached hydrogens (tertiary/aromatic N) is 4. The average Bonchev–Trinajstić information content (AvgIpc) is 3.12. The van der Waals surface area contributed by atoms with Crippen molar-refractivity contribution in [3.05, 3.63) is 47.9 Å². The second-order valence-electron chi connectivity index (χ2n) is 5.18. The van der Waals surface area contributed by atoms with E-state index < -0.39 is 0 Å². The largest absolute Gasteiger partial charge is 0.340 e. The summed E-state index contributed by atoms with van der Waals surface area (Å²) in [5.41, 5.74) is 5.97. The Morgan fingerprint density at radius 1 is 0.955 bits per heavy atom. The third-order valence-electron chi connectivity index (χ3n) is 3.49. The number of hydrogen-bond acceptors (Lipinski definition) is 5. The Bertz CT molecular complexity index is 970. The number of aromatic nitrogens is 5. The van der Waals surface area contributed by atoms with Gasteiger partial charge in [0.05, 0.1) is 17.1 Å². The molecule has 0 aliphatic carbocycles. The SMILES string of the molecule is Cc1cccc(-c2[nH]c(C)nc2-c2ccc3nonc3c2)n1. The van der Waals surface area contributed by atoms with E-state index in [1.165, 1.54) is 0 Å². The van der Waals surface area contributed by atoms with Gasteiger partial charge in [-0.05, 0) is 48.4 Å². The van der Waals surface area contributed by atoms with Gasteiger partial charge >= 0.3 is 0 Å². The van der Waals surface area contributed by atoms with E-state index in [0.29, 0.717) is 5.52 Å². The monoisotopic (exact) mass is 291 g/mol. The molecular weight excluding hydrogens is 278 g/mol. The van der Waals surface area contributed by atoms with Crippen molar-refractivity contribution < 1.29 is 4.63 Å². The van der Waals surface area contributed by atoms with Crippen LogP contribution in [0.5, 0.6) is 0 Å². The Morgan fingerprint density at radius 3 is 2.68 bits per heavy atom. The molecule has 6 nitrogen and oxygen atoms in total. The fourth-order valence-corrected chi connectivity index (χ4v) is 2.50. The van der Waals surface area contributed by atoms with E-state index in [-0.39, 0.29) is 0 Å². The van der Waals surface area contributed by atoms with Gasteiger partial charge in [-0.25, -0.2) is 9.61 Å². The molecule has 0 aliphatic heterocycles. The van der Waals surface area contributed by atoms with E-state index in [1.54, 1.807) is 0 Å². The van der Waals surface area contributed by atoms with Crippen molar-refractivity contribution in [2.24, 2.45) is 0 Å². The van der Waals surface area contributed by atoms with E-state index in [1.807, 2.05) is 50.2 Å². The van der Waals surface area contributed by atoms with Crippen molar-refractivity contribution in [3.8, 4) is 22.6 Å². The first kappa shape index (κ1) is 12.7. The topological polar surface area (TPSA) is 80.5 Å². The first-order chi connectivity index (χ1) is 10.7. The summed E-state index contributed by atoms with van der Waals surface area (Å²) in [6.45, 7) is 3.90. The van der Waals surface area contributed by atoms with Gasteiger partial charge in [-0.2, -0.15) is 0 Å². The van der Waals surface area contributed by atoms with Crippen molar-refractivity contribution in [2.45, 2.75) is 13.8 Å². The Morgan fingerprint density at radius 2 is 1.82 bits per heavy atom. The molecule has 0 amide bonds. The van der Waals surface area contributed by atoms with Crippen LogP contribution in [-0.2, 0) is 0 Å². The number of rotatable bonds is 2. The third kappa shape index (κ3) is 2.05. The van der Waals surface area contributed by atoms with Crippen LogP contribution in [0.25, 0.3) is 33.7 Å². The maximum Gasteiger partial charge on any atom is 0.135 e. The lowest BCUT2D eigenvalue weighted by Crippen LogP contribution is -1.89. The van der Waals surface area contributed by atoms with Crippen LogP contribution < -0.4 is 0 Å². The Hall–Kier alpha value is -3.02. The molecule has 6 heteroatoms. The Kier molecular flexibility index (Phi) is 2.75. The lowest BCUT2D eigenvalue weighted by Gasteiger charge is -2.03. The second kappa shape index (κ2) is 4.77. The van der Waals surface area contributed by atoms with Gasteiger partial charge in [-0.1, -0.05) is 12.1 Å². The summed E-state index contributed by atoms with van der Waals surface area (Å²) < 4.78 is 4.75. The molecule has 0 unspecified atom stereocenters. The van der Waals surface area contributed by atoms with Crippen molar-refractivity contribution >= 4 is 11.0 Å². The molecule has 0 aliphatic rings. The Labute approximate surface area is 126 Å². The minimum absolute atomic E-state index is 0.710. The van der Waals surface area contributed by atoms with Crippen molar-refractivity contribution in [2.75, 3.05) is 0 Å². The summed E-state index contributed by atoms with van der Waals surface area (Å²) in [6.07, 6.45) is 0. The summed E-state index contributed by atoms with van der Waals surface area (Å²) in [6, 6.07) is 11.7. The lowest BCUT2D eigenvalue weighted by atomic mass is 10.1. The minimum Gasteiger partial charge on any atom is -0.340 e. The summed E-state index contributed by atoms with van der Waals surface area (Å²) >= 11 is 0. The van der Waals surface area contributed by atoms with Crippen molar-refractivity contribution in [1.29, 1.82) is 0 Å². The highest BCUT2D eigenvalue weighted by Gasteiger charge is 2.15. The highest BCUT2D eigenvalue weighted by atomic mass is 16.6. The molecule has 3 aromatic heterocycles. The van der Waals surface area contributed by atoms with Crippen LogP contribution in [0.15, 0.2) is 41.0 Å². The zero-order valence-corrected chi connectivity index (χ0v) is 12.2. The molecule has 1 aromatic carbocycles. The number of aromatic amines is 1. The molecule has 1 N–H and O–H groups in total. The molecule has 3 heterocycles. The van der Waals surface area contributed by atoms with Gasteiger partial charge in [-0.15, -0.1) is 0 Å². The molecule has 0 radical (unpaired) electrons. The van der Waals surface area contributed by atoms with Gasteiger partial charge in [0, 0.05) is 11.3 Å². The highest BCUT2D eigenvalue weighted by Crippen LogP contribution is 2.30. The van der Waals surface area contributed by atoms with Gasteiger partial charge in [0.1, 0.15) is 16.9 Å². The predicted octanol–water partition coefficient (Wildman–Crippen LogP) is 3.29. The number of imidazole rings is 1. The molecule has 0 spiro atoms. The summed E-state index contributed by atoms with van der Waals surface area (Å²) in [7, 11) is 0. The number of benzene rings is 1. The summed E-state index contributed by atoms with van der Waals surface area (Å²) in [5.74, 6) is 0.840. The van der Waals surface area contributed by atoms with Crippen LogP contribution in [0.1, 0.15) is 11.5 Å². The quantitative estimate of drug-likeness (QED) is 0.613. The van der Waals surface area contributed by atoms with Gasteiger partial charge in [-0.3, -0.25) is 4.98 Å². The third-order valence-corrected chi connectivity index (χ3v) is 3.49. The first-order valence-electron chi connectivity index (χ1n) is 6.94. The number of nitrogens with one attached hydrogen (secondary N) is 1. The fraction of sp³-hybridized carbons (Fsp3) is 0.125. The smallest absolute Gasteiger partial charge is 0.135 e. The number of fused-ring (bicyclic) bond motifs is 1. The number of hydrogen-bond donors (Lipinski definition) is 1. The van der Waals surface area contributed by atoms with Crippen molar-refractivity contribution in [1.82, 2.24) is 25.3 Å². The molecule has 4 aromatic rings. The molecule has 0 fully saturated rings. The number of aryl methyl sites for hydroxylation is 2. The van der Waals surface area contributed by atoms with E-state index in [9.17, 15) is 0 Å². The highest BCUT2D eigenvalue weighted by molar-refractivity contribution is 5.84. The molecule has 4 rings (SSSR count). The van der Waals surface area contributed by atoms with Crippen LogP contribution >= 0.6 is 0 Å². The van der Waals surface area contributed by atoms with Gasteiger partial charge in [0.25, 0.3) is 0 Å². The van der Waals surface area contributed by atoms with Crippen LogP contribution in [0.4, 0.5) is 0 Å². The zero-order valence-electron chi connectivity index (χ0n) is 12.2. The van der Waals surface area contributed by atoms with E-state index >= 15 is 0 Å². The van der Waals surface area contributed by atoms with Gasteiger partial charge in [0.15, 0.2) is 0 Å². The normalized spacial score (nSPS) is 11.2. The first-order valence-corrected chi connectivity index (χ1v) is 6.94. The minimum atomic E-state index is 0.710. The van der Waals surface area contributed by atoms with E-state index in [0.717, 1.165) is 39.7 Å². The molecule has 108 valence electrons. The number of H-pyrrole nitrogens is 1. The van der Waals surface area contributed by atoms with Crippen molar-refractivity contribution in [3.63, 3.8) is 0 Å². The van der Waals surface area contributed by atoms with Crippen LogP contribution in [0.2, 0.25) is 0 Å². The fourth-order valence-electron chi connectivity index (χ4n) is 2.50. The molecule has 0 saturated carbocycles. The van der Waals surface area contributed by atoms with Crippen LogP contribution in [0, 0.1) is 13.8 Å². The standard InChI is InChI=1S/C16H13N5O/c1-9-4-3-5-13(17-9)16-15(18-10(2)19-16)11-6-7-12-14(8-11)21-22-20-12/h3-8H,1-2H3,(H,18,19). The maximum absolute atomic E-state index is 4.75. The van der Waals surface area contributed by atoms with Gasteiger partial charge < -0.3 is 4.98 Å². The van der Waals surface area contributed by atoms with Crippen LogP contribution in [0.3, 0.4) is 0 Å². The number of pyridine rings is 1. The van der Waals surface area contributed by atoms with Crippen LogP contribution in [-0.4, -0.2) is 25.3 Å². The average molecular weight is 291 g/mol. The lowest BCUT2D eigenvalue weighted by molar-refractivity contribution is 0.315. The summed E-state index contributed by atoms with van der Waals surface area (Å²) in [5, 5.41) is 7.71. The maximum atomic E-state index is 4.75. The molecule has 0 saturated heterocycles. The molecular formula is C16H13N5O. The second-order valence-corrected chi connectivity index (χ2v) is 5.18. The molecule has 0 atom stereocenters. The van der Waals surface area contributed by atoms with E-state index in [4.69, 9.17) is 4.63 Å². The molecule has 0 bridgehead atoms. The Balaban J connectivity index is 1.91. The van der Waals surface area contributed by atoms with E-state index in [2.05, 4.69) is 25.3 Å². The zero-order chi connectivity index (χ0) is 15.1. The summed E-state index contributed by atoms with van der Waals surface area (Å²) in [4.78, 5) is 12.5. The predicted molar refractivity (Wildman–Crippen MR) is 82.1 cm³/mol.